The predicted molar refractivity (Wildman–Crippen MR) is 122 cm³/mol. The van der Waals surface area contributed by atoms with Crippen molar-refractivity contribution in [2.45, 2.75) is 59.4 Å². The van der Waals surface area contributed by atoms with Crippen LogP contribution in [0.4, 0.5) is 0 Å². The highest BCUT2D eigenvalue weighted by molar-refractivity contribution is 7.17. The molecule has 3 aromatic rings. The van der Waals surface area contributed by atoms with E-state index < -0.39 is 5.79 Å². The van der Waals surface area contributed by atoms with Gasteiger partial charge < -0.3 is 18.7 Å². The van der Waals surface area contributed by atoms with Crippen LogP contribution in [0.1, 0.15) is 54.1 Å². The minimum absolute atomic E-state index is 0.0939. The van der Waals surface area contributed by atoms with Crippen LogP contribution in [0, 0.1) is 6.92 Å². The number of rotatable bonds is 8. The number of hydrogen-bond donors (Lipinski definition) is 0. The number of hydrogen-bond acceptors (Lipinski definition) is 8. The van der Waals surface area contributed by atoms with Crippen molar-refractivity contribution in [2.75, 3.05) is 13.2 Å². The molecule has 32 heavy (non-hydrogen) atoms. The molecule has 0 aliphatic carbocycles. The number of aromatic nitrogens is 2. The average molecular weight is 457 g/mol. The summed E-state index contributed by atoms with van der Waals surface area (Å²) >= 11 is 1.37. The van der Waals surface area contributed by atoms with Crippen molar-refractivity contribution in [3.05, 3.63) is 39.8 Å². The number of aldehydes is 1. The normalized spacial score (nSPS) is 17.6. The molecule has 1 atom stereocenters. The molecule has 170 valence electrons. The zero-order valence-corrected chi connectivity index (χ0v) is 19.9. The first-order chi connectivity index (χ1) is 15.3. The van der Waals surface area contributed by atoms with E-state index in [0.717, 1.165) is 52.0 Å². The molecule has 7 nitrogen and oxygen atoms in total. The second kappa shape index (κ2) is 9.13. The molecule has 0 unspecified atom stereocenters. The van der Waals surface area contributed by atoms with Gasteiger partial charge in [-0.15, -0.1) is 11.3 Å². The van der Waals surface area contributed by atoms with Crippen LogP contribution >= 0.6 is 11.3 Å². The first kappa shape index (κ1) is 22.6. The predicted octanol–water partition coefficient (Wildman–Crippen LogP) is 5.24. The van der Waals surface area contributed by atoms with E-state index in [9.17, 15) is 4.79 Å². The van der Waals surface area contributed by atoms with E-state index >= 15 is 0 Å². The van der Waals surface area contributed by atoms with Crippen LogP contribution in [0.15, 0.2) is 22.7 Å². The number of ether oxygens (including phenoxy) is 3. The van der Waals surface area contributed by atoms with E-state index in [4.69, 9.17) is 18.7 Å². The monoisotopic (exact) mass is 456 g/mol. The van der Waals surface area contributed by atoms with Crippen molar-refractivity contribution in [3.63, 3.8) is 0 Å². The van der Waals surface area contributed by atoms with Crippen LogP contribution in [-0.4, -0.2) is 41.5 Å². The van der Waals surface area contributed by atoms with E-state index in [1.807, 2.05) is 45.9 Å². The summed E-state index contributed by atoms with van der Waals surface area (Å²) in [6, 6.07) is 5.99. The fraction of sp³-hybridized carbons (Fsp3) is 0.458. The van der Waals surface area contributed by atoms with Crippen LogP contribution in [0.3, 0.4) is 0 Å². The molecule has 4 rings (SSSR count). The second-order valence-electron chi connectivity index (χ2n) is 8.29. The standard InChI is InChI=1S/C24H28N2O5S/c1-6-15-10-19(32-20(15)11-27)23-25-22(26-31-23)17-8-14(3)21(16(7-2)9-17)28-12-18-13-29-24(4,5)30-18/h8-11,18H,6-7,12-13H2,1-5H3/t18-/m0/s1. The van der Waals surface area contributed by atoms with Crippen LogP contribution in [0.25, 0.3) is 22.2 Å². The highest BCUT2D eigenvalue weighted by Gasteiger charge is 2.33. The summed E-state index contributed by atoms with van der Waals surface area (Å²) in [6.07, 6.45) is 2.37. The van der Waals surface area contributed by atoms with Crippen LogP contribution < -0.4 is 4.74 Å². The molecule has 2 aromatic heterocycles. The molecule has 3 heterocycles. The molecular formula is C24H28N2O5S. The molecule has 1 fully saturated rings. The van der Waals surface area contributed by atoms with E-state index in [1.165, 1.54) is 11.3 Å². The molecule has 1 aliphatic rings. The van der Waals surface area contributed by atoms with E-state index in [-0.39, 0.29) is 6.10 Å². The second-order valence-corrected chi connectivity index (χ2v) is 9.38. The lowest BCUT2D eigenvalue weighted by Crippen LogP contribution is -2.25. The first-order valence-electron chi connectivity index (χ1n) is 10.8. The average Bonchev–Trinajstić information content (AvgIpc) is 3.49. The Morgan fingerprint density at radius 2 is 2.00 bits per heavy atom. The largest absolute Gasteiger partial charge is 0.490 e. The maximum absolute atomic E-state index is 11.3. The minimum Gasteiger partial charge on any atom is -0.490 e. The van der Waals surface area contributed by atoms with Crippen molar-refractivity contribution in [1.82, 2.24) is 10.1 Å². The molecule has 1 aliphatic heterocycles. The molecule has 0 radical (unpaired) electrons. The van der Waals surface area contributed by atoms with Gasteiger partial charge in [-0.2, -0.15) is 4.98 Å². The lowest BCUT2D eigenvalue weighted by atomic mass is 10.0. The number of aryl methyl sites for hydroxylation is 3. The maximum atomic E-state index is 11.3. The van der Waals surface area contributed by atoms with Crippen molar-refractivity contribution in [2.24, 2.45) is 0 Å². The minimum atomic E-state index is -0.566. The third kappa shape index (κ3) is 4.62. The van der Waals surface area contributed by atoms with Crippen molar-refractivity contribution < 1.29 is 23.5 Å². The molecule has 1 aromatic carbocycles. The van der Waals surface area contributed by atoms with E-state index in [1.54, 1.807) is 0 Å². The number of thiophene rings is 1. The molecule has 0 N–H and O–H groups in total. The molecule has 0 bridgehead atoms. The third-order valence-corrected chi connectivity index (χ3v) is 6.53. The Labute approximate surface area is 191 Å². The summed E-state index contributed by atoms with van der Waals surface area (Å²) in [7, 11) is 0. The highest BCUT2D eigenvalue weighted by atomic mass is 32.1. The Bertz CT molecular complexity index is 1120. The van der Waals surface area contributed by atoms with Crippen LogP contribution in [0.5, 0.6) is 5.75 Å². The zero-order chi connectivity index (χ0) is 22.9. The number of benzene rings is 1. The SMILES string of the molecule is CCc1cc(-c2nc(-c3cc(C)c(OC[C@H]4COC(C)(C)O4)c(CC)c3)no2)sc1C=O. The van der Waals surface area contributed by atoms with Crippen molar-refractivity contribution >= 4 is 17.6 Å². The Balaban J connectivity index is 1.55. The molecule has 1 saturated heterocycles. The Hall–Kier alpha value is -2.55. The molecule has 0 saturated carbocycles. The Morgan fingerprint density at radius 3 is 2.62 bits per heavy atom. The van der Waals surface area contributed by atoms with Gasteiger partial charge in [0, 0.05) is 5.56 Å². The van der Waals surface area contributed by atoms with Crippen molar-refractivity contribution in [3.8, 4) is 27.9 Å². The quantitative estimate of drug-likeness (QED) is 0.429. The fourth-order valence-corrected chi connectivity index (χ4v) is 4.82. The zero-order valence-electron chi connectivity index (χ0n) is 19.1. The van der Waals surface area contributed by atoms with Gasteiger partial charge in [0.05, 0.1) is 16.4 Å². The lowest BCUT2D eigenvalue weighted by Gasteiger charge is -2.19. The summed E-state index contributed by atoms with van der Waals surface area (Å²) in [5.41, 5.74) is 3.92. The van der Waals surface area contributed by atoms with Gasteiger partial charge in [0.15, 0.2) is 12.1 Å². The van der Waals surface area contributed by atoms with E-state index in [2.05, 4.69) is 17.1 Å². The summed E-state index contributed by atoms with van der Waals surface area (Å²) in [5, 5.41) is 4.18. The van der Waals surface area contributed by atoms with Gasteiger partial charge in [-0.25, -0.2) is 0 Å². The number of carbonyl (C=O) groups is 1. The van der Waals surface area contributed by atoms with Crippen LogP contribution in [-0.2, 0) is 22.3 Å². The highest BCUT2D eigenvalue weighted by Crippen LogP contribution is 2.34. The molecule has 0 amide bonds. The van der Waals surface area contributed by atoms with Gasteiger partial charge in [0.25, 0.3) is 5.89 Å². The van der Waals surface area contributed by atoms with Gasteiger partial charge in [-0.1, -0.05) is 19.0 Å². The number of carbonyl (C=O) groups excluding carboxylic acids is 1. The van der Waals surface area contributed by atoms with Gasteiger partial charge in [-0.05, 0) is 68.5 Å². The molecule has 0 spiro atoms. The summed E-state index contributed by atoms with van der Waals surface area (Å²) in [6.45, 7) is 10.9. The Morgan fingerprint density at radius 1 is 1.22 bits per heavy atom. The molecular weight excluding hydrogens is 428 g/mol. The summed E-state index contributed by atoms with van der Waals surface area (Å²) in [4.78, 5) is 17.4. The summed E-state index contributed by atoms with van der Waals surface area (Å²) < 4.78 is 23.1. The van der Waals surface area contributed by atoms with E-state index in [0.29, 0.717) is 29.8 Å². The topological polar surface area (TPSA) is 83.7 Å². The third-order valence-electron chi connectivity index (χ3n) is 5.44. The fourth-order valence-electron chi connectivity index (χ4n) is 3.83. The first-order valence-corrected chi connectivity index (χ1v) is 11.7. The Kier molecular flexibility index (Phi) is 6.46. The van der Waals surface area contributed by atoms with Gasteiger partial charge >= 0.3 is 0 Å². The lowest BCUT2D eigenvalue weighted by molar-refractivity contribution is -0.141. The summed E-state index contributed by atoms with van der Waals surface area (Å²) in [5.74, 6) is 1.22. The van der Waals surface area contributed by atoms with Crippen LogP contribution in [0.2, 0.25) is 0 Å². The van der Waals surface area contributed by atoms with Gasteiger partial charge in [0.1, 0.15) is 18.5 Å². The smallest absolute Gasteiger partial charge is 0.268 e. The van der Waals surface area contributed by atoms with Crippen molar-refractivity contribution in [1.29, 1.82) is 0 Å². The van der Waals surface area contributed by atoms with Gasteiger partial charge in [0.2, 0.25) is 5.82 Å². The van der Waals surface area contributed by atoms with Gasteiger partial charge in [-0.3, -0.25) is 4.79 Å². The molecule has 8 heteroatoms. The maximum Gasteiger partial charge on any atom is 0.268 e. The number of nitrogens with zero attached hydrogens (tertiary/aromatic N) is 2.